The normalized spacial score (nSPS) is 16.1. The summed E-state index contributed by atoms with van der Waals surface area (Å²) in [5.74, 6) is 0.880. The van der Waals surface area contributed by atoms with Gasteiger partial charge in [0.2, 0.25) is 0 Å². The van der Waals surface area contributed by atoms with E-state index in [1.807, 2.05) is 18.2 Å². The van der Waals surface area contributed by atoms with E-state index in [0.717, 1.165) is 28.9 Å². The molecule has 1 fully saturated rings. The molecular weight excluding hydrogens is 258 g/mol. The van der Waals surface area contributed by atoms with E-state index < -0.39 is 0 Å². The van der Waals surface area contributed by atoms with Crippen LogP contribution in [0.25, 0.3) is 0 Å². The number of hydrogen-bond donors (Lipinski definition) is 1. The summed E-state index contributed by atoms with van der Waals surface area (Å²) in [5, 5.41) is 3.17. The van der Waals surface area contributed by atoms with Crippen molar-refractivity contribution in [2.45, 2.75) is 12.7 Å². The van der Waals surface area contributed by atoms with Crippen LogP contribution in [-0.4, -0.2) is 26.3 Å². The second-order valence-electron chi connectivity index (χ2n) is 3.55. The van der Waals surface area contributed by atoms with E-state index in [1.54, 1.807) is 7.11 Å². The fourth-order valence-corrected chi connectivity index (χ4v) is 1.86. The molecule has 0 aromatic heterocycles. The van der Waals surface area contributed by atoms with Gasteiger partial charge in [-0.1, -0.05) is 15.9 Å². The second-order valence-corrected chi connectivity index (χ2v) is 4.46. The number of halogens is 1. The number of rotatable bonds is 4. The molecule has 0 unspecified atom stereocenters. The molecule has 1 aliphatic heterocycles. The monoisotopic (exact) mass is 271 g/mol. The van der Waals surface area contributed by atoms with Crippen LogP contribution in [0.1, 0.15) is 5.56 Å². The SMILES string of the molecule is COc1ccc(Br)cc1COC1CNC1. The van der Waals surface area contributed by atoms with Gasteiger partial charge in [-0.25, -0.2) is 0 Å². The Morgan fingerprint density at radius 1 is 1.47 bits per heavy atom. The summed E-state index contributed by atoms with van der Waals surface area (Å²) in [4.78, 5) is 0. The smallest absolute Gasteiger partial charge is 0.124 e. The Hall–Kier alpha value is -0.580. The molecule has 82 valence electrons. The van der Waals surface area contributed by atoms with E-state index in [1.165, 1.54) is 0 Å². The number of hydrogen-bond acceptors (Lipinski definition) is 3. The van der Waals surface area contributed by atoms with Crippen LogP contribution >= 0.6 is 15.9 Å². The van der Waals surface area contributed by atoms with Crippen molar-refractivity contribution in [1.29, 1.82) is 0 Å². The number of ether oxygens (including phenoxy) is 2. The van der Waals surface area contributed by atoms with Crippen LogP contribution in [-0.2, 0) is 11.3 Å². The maximum atomic E-state index is 5.70. The zero-order valence-electron chi connectivity index (χ0n) is 8.63. The Kier molecular flexibility index (Phi) is 3.61. The predicted octanol–water partition coefficient (Wildman–Crippen LogP) is 1.95. The summed E-state index contributed by atoms with van der Waals surface area (Å²) in [7, 11) is 1.68. The fraction of sp³-hybridized carbons (Fsp3) is 0.455. The molecule has 0 saturated carbocycles. The summed E-state index contributed by atoms with van der Waals surface area (Å²) >= 11 is 3.44. The maximum Gasteiger partial charge on any atom is 0.124 e. The van der Waals surface area contributed by atoms with Crippen molar-refractivity contribution in [3.63, 3.8) is 0 Å². The highest BCUT2D eigenvalue weighted by Gasteiger charge is 2.17. The molecule has 0 aliphatic carbocycles. The fourth-order valence-electron chi connectivity index (χ4n) is 1.45. The highest BCUT2D eigenvalue weighted by atomic mass is 79.9. The molecular formula is C11H14BrNO2. The lowest BCUT2D eigenvalue weighted by Gasteiger charge is -2.27. The summed E-state index contributed by atoms with van der Waals surface area (Å²) in [5.41, 5.74) is 1.08. The zero-order chi connectivity index (χ0) is 10.7. The van der Waals surface area contributed by atoms with Gasteiger partial charge in [-0.05, 0) is 18.2 Å². The van der Waals surface area contributed by atoms with Crippen molar-refractivity contribution in [3.05, 3.63) is 28.2 Å². The topological polar surface area (TPSA) is 30.5 Å². The van der Waals surface area contributed by atoms with E-state index in [-0.39, 0.29) is 0 Å². The van der Waals surface area contributed by atoms with Crippen molar-refractivity contribution < 1.29 is 9.47 Å². The molecule has 0 amide bonds. The molecule has 1 aliphatic rings. The molecule has 0 spiro atoms. The van der Waals surface area contributed by atoms with Crippen LogP contribution in [0, 0.1) is 0 Å². The van der Waals surface area contributed by atoms with Crippen LogP contribution in [0.2, 0.25) is 0 Å². The minimum absolute atomic E-state index is 0.355. The molecule has 0 bridgehead atoms. The first-order chi connectivity index (χ1) is 7.29. The van der Waals surface area contributed by atoms with Gasteiger partial charge in [0.15, 0.2) is 0 Å². The van der Waals surface area contributed by atoms with Crippen molar-refractivity contribution in [2.24, 2.45) is 0 Å². The largest absolute Gasteiger partial charge is 0.496 e. The van der Waals surface area contributed by atoms with Crippen LogP contribution < -0.4 is 10.1 Å². The van der Waals surface area contributed by atoms with Crippen molar-refractivity contribution in [1.82, 2.24) is 5.32 Å². The first-order valence-electron chi connectivity index (χ1n) is 4.94. The van der Waals surface area contributed by atoms with Gasteiger partial charge in [0, 0.05) is 23.1 Å². The minimum atomic E-state index is 0.355. The van der Waals surface area contributed by atoms with Crippen LogP contribution in [0.3, 0.4) is 0 Å². The quantitative estimate of drug-likeness (QED) is 0.908. The Labute approximate surface area is 97.9 Å². The van der Waals surface area contributed by atoms with Gasteiger partial charge in [-0.3, -0.25) is 0 Å². The van der Waals surface area contributed by atoms with E-state index in [0.29, 0.717) is 12.7 Å². The molecule has 2 rings (SSSR count). The molecule has 1 saturated heterocycles. The van der Waals surface area contributed by atoms with Gasteiger partial charge in [0.25, 0.3) is 0 Å². The first kappa shape index (κ1) is 10.9. The van der Waals surface area contributed by atoms with E-state index >= 15 is 0 Å². The zero-order valence-corrected chi connectivity index (χ0v) is 10.2. The number of methoxy groups -OCH3 is 1. The minimum Gasteiger partial charge on any atom is -0.496 e. The first-order valence-corrected chi connectivity index (χ1v) is 5.73. The summed E-state index contributed by atoms with van der Waals surface area (Å²) in [6, 6.07) is 5.94. The predicted molar refractivity (Wildman–Crippen MR) is 62.1 cm³/mol. The second kappa shape index (κ2) is 4.96. The maximum absolute atomic E-state index is 5.70. The molecule has 1 aromatic rings. The standard InChI is InChI=1S/C11H14BrNO2/c1-14-11-3-2-9(12)4-8(11)7-15-10-5-13-6-10/h2-4,10,13H,5-7H2,1H3. The molecule has 1 heterocycles. The van der Waals surface area contributed by atoms with Crippen LogP contribution in [0.15, 0.2) is 22.7 Å². The van der Waals surface area contributed by atoms with Gasteiger partial charge >= 0.3 is 0 Å². The van der Waals surface area contributed by atoms with E-state index in [4.69, 9.17) is 9.47 Å². The van der Waals surface area contributed by atoms with Gasteiger partial charge < -0.3 is 14.8 Å². The third kappa shape index (κ3) is 2.71. The van der Waals surface area contributed by atoms with Crippen LogP contribution in [0.5, 0.6) is 5.75 Å². The summed E-state index contributed by atoms with van der Waals surface area (Å²) in [6.07, 6.45) is 0.355. The lowest BCUT2D eigenvalue weighted by Crippen LogP contribution is -2.48. The molecule has 4 heteroatoms. The van der Waals surface area contributed by atoms with Gasteiger partial charge in [0.1, 0.15) is 5.75 Å². The number of nitrogens with one attached hydrogen (secondary N) is 1. The molecule has 0 radical (unpaired) electrons. The lowest BCUT2D eigenvalue weighted by molar-refractivity contribution is 0.00680. The molecule has 1 N–H and O–H groups in total. The highest BCUT2D eigenvalue weighted by molar-refractivity contribution is 9.10. The van der Waals surface area contributed by atoms with Crippen molar-refractivity contribution in [3.8, 4) is 5.75 Å². The van der Waals surface area contributed by atoms with Crippen LogP contribution in [0.4, 0.5) is 0 Å². The molecule has 0 atom stereocenters. The van der Waals surface area contributed by atoms with E-state index in [2.05, 4.69) is 21.2 Å². The molecule has 3 nitrogen and oxygen atoms in total. The third-order valence-corrected chi connectivity index (χ3v) is 2.95. The summed E-state index contributed by atoms with van der Waals surface area (Å²) in [6.45, 7) is 2.52. The van der Waals surface area contributed by atoms with Gasteiger partial charge in [-0.15, -0.1) is 0 Å². The Morgan fingerprint density at radius 3 is 2.87 bits per heavy atom. The Balaban J connectivity index is 2.00. The van der Waals surface area contributed by atoms with Crippen molar-refractivity contribution in [2.75, 3.05) is 20.2 Å². The van der Waals surface area contributed by atoms with Gasteiger partial charge in [0.05, 0.1) is 19.8 Å². The van der Waals surface area contributed by atoms with Crippen molar-refractivity contribution >= 4 is 15.9 Å². The van der Waals surface area contributed by atoms with E-state index in [9.17, 15) is 0 Å². The molecule has 1 aromatic carbocycles. The number of benzene rings is 1. The summed E-state index contributed by atoms with van der Waals surface area (Å²) < 4.78 is 12.0. The molecule has 15 heavy (non-hydrogen) atoms. The Morgan fingerprint density at radius 2 is 2.27 bits per heavy atom. The average molecular weight is 272 g/mol. The average Bonchev–Trinajstić information content (AvgIpc) is 2.16. The lowest BCUT2D eigenvalue weighted by atomic mass is 10.2. The third-order valence-electron chi connectivity index (χ3n) is 2.46. The highest BCUT2D eigenvalue weighted by Crippen LogP contribution is 2.24. The van der Waals surface area contributed by atoms with Gasteiger partial charge in [-0.2, -0.15) is 0 Å². The Bertz CT molecular complexity index is 339.